The summed E-state index contributed by atoms with van der Waals surface area (Å²) >= 11 is 0. The molecule has 1 aromatic heterocycles. The van der Waals surface area contributed by atoms with Gasteiger partial charge in [-0.1, -0.05) is 194 Å². The Bertz CT molecular complexity index is 3650. The maximum atomic E-state index is 10.0. The van der Waals surface area contributed by atoms with Gasteiger partial charge in [0.1, 0.15) is 0 Å². The minimum atomic E-state index is 0.608. The van der Waals surface area contributed by atoms with Gasteiger partial charge in [-0.05, 0) is 113 Å². The Morgan fingerprint density at radius 3 is 1.53 bits per heavy atom. The summed E-state index contributed by atoms with van der Waals surface area (Å²) in [5.74, 6) is 1.86. The SMILES string of the molecule is N#Cc1ccc(-c2ccc(-c3ccccc3-c3nc(-c4ccccc4)nc(-c4cccc5ccccc45)n3)cc2)c(-c2ccc(-c3cc4c5c(cccc5c3)-c3ccccc3-4)cc2)c1. The summed E-state index contributed by atoms with van der Waals surface area (Å²) < 4.78 is 0. The van der Waals surface area contributed by atoms with E-state index in [0.717, 1.165) is 66.4 Å². The average Bonchev–Trinajstić information content (AvgIpc) is 3.70. The Morgan fingerprint density at radius 1 is 0.281 bits per heavy atom. The predicted octanol–water partition coefficient (Wildman–Crippen LogP) is 15.4. The second-order valence-electron chi connectivity index (χ2n) is 16.2. The fourth-order valence-electron chi connectivity index (χ4n) is 9.44. The summed E-state index contributed by atoms with van der Waals surface area (Å²) in [6, 6.07) is 78.7. The average molecular weight is 813 g/mol. The maximum absolute atomic E-state index is 10.0. The molecule has 0 amide bonds. The van der Waals surface area contributed by atoms with E-state index in [0.29, 0.717) is 23.0 Å². The molecule has 1 aliphatic rings. The highest BCUT2D eigenvalue weighted by atomic mass is 15.0. The summed E-state index contributed by atoms with van der Waals surface area (Å²) in [4.78, 5) is 15.3. The number of nitrogens with zero attached hydrogens (tertiary/aromatic N) is 4. The van der Waals surface area contributed by atoms with Crippen LogP contribution in [0.2, 0.25) is 0 Å². The monoisotopic (exact) mass is 812 g/mol. The fourth-order valence-corrected chi connectivity index (χ4v) is 9.44. The molecule has 1 heterocycles. The molecule has 12 rings (SSSR count). The summed E-state index contributed by atoms with van der Waals surface area (Å²) in [5.41, 5.74) is 17.2. The van der Waals surface area contributed by atoms with E-state index in [1.807, 2.05) is 48.5 Å². The Hall–Kier alpha value is -8.78. The molecule has 1 aliphatic carbocycles. The van der Waals surface area contributed by atoms with Gasteiger partial charge in [0.15, 0.2) is 17.5 Å². The van der Waals surface area contributed by atoms with Crippen molar-refractivity contribution in [3.05, 3.63) is 224 Å². The van der Waals surface area contributed by atoms with Crippen molar-refractivity contribution in [1.29, 1.82) is 5.26 Å². The lowest BCUT2D eigenvalue weighted by Gasteiger charge is -2.14. The summed E-state index contributed by atoms with van der Waals surface area (Å²) in [6.45, 7) is 0. The van der Waals surface area contributed by atoms with E-state index in [-0.39, 0.29) is 0 Å². The summed E-state index contributed by atoms with van der Waals surface area (Å²) in [5, 5.41) is 14.8. The second kappa shape index (κ2) is 15.3. The van der Waals surface area contributed by atoms with Crippen LogP contribution in [0.25, 0.3) is 122 Å². The molecule has 0 saturated heterocycles. The Kier molecular flexibility index (Phi) is 8.84. The molecule has 64 heavy (non-hydrogen) atoms. The van der Waals surface area contributed by atoms with Gasteiger partial charge in [-0.3, -0.25) is 0 Å². The molecule has 0 spiro atoms. The smallest absolute Gasteiger partial charge is 0.164 e. The lowest BCUT2D eigenvalue weighted by molar-refractivity contribution is 1.08. The van der Waals surface area contributed by atoms with Crippen molar-refractivity contribution >= 4 is 21.5 Å². The highest BCUT2D eigenvalue weighted by Gasteiger charge is 2.22. The van der Waals surface area contributed by atoms with Crippen molar-refractivity contribution in [2.45, 2.75) is 0 Å². The quantitative estimate of drug-likeness (QED) is 0.161. The highest BCUT2D eigenvalue weighted by molar-refractivity contribution is 6.16. The number of benzene rings is 10. The zero-order valence-corrected chi connectivity index (χ0v) is 34.6. The van der Waals surface area contributed by atoms with Crippen LogP contribution in [-0.2, 0) is 0 Å². The molecule has 0 radical (unpaired) electrons. The summed E-state index contributed by atoms with van der Waals surface area (Å²) in [6.07, 6.45) is 0. The first kappa shape index (κ1) is 37.0. The first-order chi connectivity index (χ1) is 31.7. The molecule has 0 N–H and O–H groups in total. The van der Waals surface area contributed by atoms with Crippen molar-refractivity contribution in [3.8, 4) is 107 Å². The van der Waals surface area contributed by atoms with Crippen LogP contribution >= 0.6 is 0 Å². The van der Waals surface area contributed by atoms with Gasteiger partial charge in [0.25, 0.3) is 0 Å². The Morgan fingerprint density at radius 2 is 0.797 bits per heavy atom. The number of fused-ring (bicyclic) bond motifs is 4. The van der Waals surface area contributed by atoms with Crippen molar-refractivity contribution in [2.75, 3.05) is 0 Å². The molecular weight excluding hydrogens is 777 g/mol. The molecule has 296 valence electrons. The third kappa shape index (κ3) is 6.35. The lowest BCUT2D eigenvalue weighted by atomic mass is 9.90. The lowest BCUT2D eigenvalue weighted by Crippen LogP contribution is -2.01. The predicted molar refractivity (Wildman–Crippen MR) is 262 cm³/mol. The highest BCUT2D eigenvalue weighted by Crippen LogP contribution is 2.49. The summed E-state index contributed by atoms with van der Waals surface area (Å²) in [7, 11) is 0. The first-order valence-electron chi connectivity index (χ1n) is 21.5. The minimum Gasteiger partial charge on any atom is -0.208 e. The van der Waals surface area contributed by atoms with Crippen LogP contribution in [0.15, 0.2) is 218 Å². The van der Waals surface area contributed by atoms with E-state index >= 15 is 0 Å². The van der Waals surface area contributed by atoms with Gasteiger partial charge in [0.05, 0.1) is 11.6 Å². The number of nitriles is 1. The van der Waals surface area contributed by atoms with Crippen LogP contribution < -0.4 is 0 Å². The number of hydrogen-bond acceptors (Lipinski definition) is 4. The standard InChI is InChI=1S/C60H36N4/c61-37-38-24-33-49(55(34-38)43-27-25-39(26-28-43)46-35-45-16-11-22-52-50-19-7-8-20-51(50)56(36-46)57(45)52)42-31-29-41(30-32-42)48-18-6-9-21-53(48)59-62-58(44-13-2-1-3-14-44)63-60(64-59)54-23-10-15-40-12-4-5-17-47(40)54/h1-36H. The zero-order valence-electron chi connectivity index (χ0n) is 34.6. The maximum Gasteiger partial charge on any atom is 0.164 e. The molecule has 0 atom stereocenters. The van der Waals surface area contributed by atoms with Gasteiger partial charge >= 0.3 is 0 Å². The van der Waals surface area contributed by atoms with E-state index in [4.69, 9.17) is 15.0 Å². The normalized spacial score (nSPS) is 11.4. The largest absolute Gasteiger partial charge is 0.208 e. The van der Waals surface area contributed by atoms with Gasteiger partial charge in [-0.25, -0.2) is 15.0 Å². The zero-order chi connectivity index (χ0) is 42.6. The molecule has 0 saturated carbocycles. The molecule has 0 bridgehead atoms. The van der Waals surface area contributed by atoms with Crippen LogP contribution in [0.4, 0.5) is 0 Å². The van der Waals surface area contributed by atoms with E-state index < -0.39 is 0 Å². The molecular formula is C60H36N4. The third-order valence-electron chi connectivity index (χ3n) is 12.5. The van der Waals surface area contributed by atoms with Crippen LogP contribution in [0.1, 0.15) is 5.56 Å². The van der Waals surface area contributed by atoms with E-state index in [1.165, 1.54) is 38.6 Å². The molecule has 0 unspecified atom stereocenters. The molecule has 0 aliphatic heterocycles. The van der Waals surface area contributed by atoms with Gasteiger partial charge in [-0.15, -0.1) is 0 Å². The molecule has 10 aromatic carbocycles. The van der Waals surface area contributed by atoms with Crippen molar-refractivity contribution < 1.29 is 0 Å². The van der Waals surface area contributed by atoms with Crippen LogP contribution in [-0.4, -0.2) is 15.0 Å². The van der Waals surface area contributed by atoms with Crippen LogP contribution in [0.5, 0.6) is 0 Å². The number of aromatic nitrogens is 3. The molecule has 4 nitrogen and oxygen atoms in total. The number of hydrogen-bond donors (Lipinski definition) is 0. The fraction of sp³-hybridized carbons (Fsp3) is 0. The Labute approximate surface area is 371 Å². The van der Waals surface area contributed by atoms with Gasteiger partial charge in [-0.2, -0.15) is 5.26 Å². The molecule has 11 aromatic rings. The van der Waals surface area contributed by atoms with E-state index in [1.54, 1.807) is 0 Å². The van der Waals surface area contributed by atoms with Gasteiger partial charge < -0.3 is 0 Å². The van der Waals surface area contributed by atoms with Gasteiger partial charge in [0.2, 0.25) is 0 Å². The topological polar surface area (TPSA) is 62.5 Å². The van der Waals surface area contributed by atoms with Crippen molar-refractivity contribution in [3.63, 3.8) is 0 Å². The van der Waals surface area contributed by atoms with Crippen molar-refractivity contribution in [1.82, 2.24) is 15.0 Å². The Balaban J connectivity index is 0.906. The van der Waals surface area contributed by atoms with Crippen molar-refractivity contribution in [2.24, 2.45) is 0 Å². The second-order valence-corrected chi connectivity index (χ2v) is 16.2. The number of rotatable bonds is 7. The van der Waals surface area contributed by atoms with Crippen LogP contribution in [0.3, 0.4) is 0 Å². The minimum absolute atomic E-state index is 0.608. The van der Waals surface area contributed by atoms with E-state index in [2.05, 4.69) is 176 Å². The molecule has 0 fully saturated rings. The van der Waals surface area contributed by atoms with Crippen LogP contribution in [0, 0.1) is 11.3 Å². The van der Waals surface area contributed by atoms with Gasteiger partial charge in [0, 0.05) is 16.7 Å². The first-order valence-corrected chi connectivity index (χ1v) is 21.5. The third-order valence-corrected chi connectivity index (χ3v) is 12.5. The van der Waals surface area contributed by atoms with E-state index in [9.17, 15) is 5.26 Å². The molecule has 4 heteroatoms.